The van der Waals surface area contributed by atoms with Crippen LogP contribution in [0.1, 0.15) is 50.5 Å². The number of hydrogen-bond acceptors (Lipinski definition) is 5. The van der Waals surface area contributed by atoms with Gasteiger partial charge in [0.15, 0.2) is 10.0 Å². The van der Waals surface area contributed by atoms with Crippen molar-refractivity contribution in [2.75, 3.05) is 13.1 Å². The molecule has 4 rings (SSSR count). The van der Waals surface area contributed by atoms with Crippen LogP contribution in [-0.2, 0) is 16.2 Å². The first-order valence-corrected chi connectivity index (χ1v) is 11.8. The second kappa shape index (κ2) is 6.96. The molecule has 10 heteroatoms. The molecule has 4 heterocycles. The van der Waals surface area contributed by atoms with Gasteiger partial charge in [-0.25, -0.2) is 13.4 Å². The lowest BCUT2D eigenvalue weighted by atomic mass is 9.93. The van der Waals surface area contributed by atoms with Crippen LogP contribution in [0, 0.1) is 5.92 Å². The van der Waals surface area contributed by atoms with E-state index in [-0.39, 0.29) is 12.1 Å². The third kappa shape index (κ3) is 3.65. The van der Waals surface area contributed by atoms with Crippen LogP contribution < -0.4 is 0 Å². The molecule has 0 spiro atoms. The highest BCUT2D eigenvalue weighted by Gasteiger charge is 2.49. The summed E-state index contributed by atoms with van der Waals surface area (Å²) in [5, 5.41) is -0.539. The summed E-state index contributed by atoms with van der Waals surface area (Å²) in [6.07, 6.45) is 0.818. The van der Waals surface area contributed by atoms with Crippen LogP contribution in [-0.4, -0.2) is 53.8 Å². The number of hydrogen-bond donors (Lipinski definition) is 0. The number of thiazole rings is 1. The van der Waals surface area contributed by atoms with Crippen molar-refractivity contribution in [1.82, 2.24) is 14.2 Å². The highest BCUT2D eigenvalue weighted by molar-refractivity contribution is 7.89. The first-order chi connectivity index (χ1) is 12.7. The van der Waals surface area contributed by atoms with Gasteiger partial charge in [0, 0.05) is 23.5 Å². The minimum absolute atomic E-state index is 0.130. The molecule has 0 N–H and O–H groups in total. The lowest BCUT2D eigenvalue weighted by Gasteiger charge is -2.44. The van der Waals surface area contributed by atoms with E-state index in [9.17, 15) is 21.6 Å². The molecule has 0 aliphatic carbocycles. The SMILES string of the molecule is CC1CCN(C2C[C@H]3CC[C@@H](C2)N3S(=O)(=O)c2csc(C(F)(F)F)n2)CC1. The van der Waals surface area contributed by atoms with Gasteiger partial charge in [-0.05, 0) is 57.5 Å². The predicted molar refractivity (Wildman–Crippen MR) is 95.9 cm³/mol. The van der Waals surface area contributed by atoms with Gasteiger partial charge in [-0.3, -0.25) is 0 Å². The summed E-state index contributed by atoms with van der Waals surface area (Å²) >= 11 is 0.343. The number of alkyl halides is 3. The van der Waals surface area contributed by atoms with Crippen molar-refractivity contribution in [3.8, 4) is 0 Å². The van der Waals surface area contributed by atoms with Crippen LogP contribution in [0.5, 0.6) is 0 Å². The molecule has 3 aliphatic rings. The van der Waals surface area contributed by atoms with Crippen molar-refractivity contribution < 1.29 is 21.6 Å². The normalized spacial score (nSPS) is 31.5. The van der Waals surface area contributed by atoms with Crippen molar-refractivity contribution >= 4 is 21.4 Å². The van der Waals surface area contributed by atoms with Gasteiger partial charge in [0.2, 0.25) is 0 Å². The third-order valence-electron chi connectivity index (χ3n) is 6.24. The van der Waals surface area contributed by atoms with Gasteiger partial charge in [0.25, 0.3) is 10.0 Å². The maximum Gasteiger partial charge on any atom is 0.443 e. The summed E-state index contributed by atoms with van der Waals surface area (Å²) in [4.78, 5) is 5.88. The Labute approximate surface area is 161 Å². The van der Waals surface area contributed by atoms with E-state index in [2.05, 4.69) is 16.8 Å². The summed E-state index contributed by atoms with van der Waals surface area (Å²) in [7, 11) is -3.99. The van der Waals surface area contributed by atoms with Crippen LogP contribution in [0.4, 0.5) is 13.2 Å². The third-order valence-corrected chi connectivity index (χ3v) is 9.17. The molecule has 3 atom stereocenters. The molecular formula is C17H24F3N3O2S2. The maximum atomic E-state index is 13.0. The van der Waals surface area contributed by atoms with Gasteiger partial charge in [-0.1, -0.05) is 6.92 Å². The molecule has 2 bridgehead atoms. The molecule has 1 unspecified atom stereocenters. The second-order valence-corrected chi connectivity index (χ2v) is 10.7. The summed E-state index contributed by atoms with van der Waals surface area (Å²) in [5.41, 5.74) is 0. The Morgan fingerprint density at radius 1 is 1.07 bits per heavy atom. The molecule has 3 aliphatic heterocycles. The average molecular weight is 424 g/mol. The van der Waals surface area contributed by atoms with Gasteiger partial charge in [0.1, 0.15) is 0 Å². The number of nitrogens with zero attached hydrogens (tertiary/aromatic N) is 3. The zero-order chi connectivity index (χ0) is 19.4. The first kappa shape index (κ1) is 19.6. The van der Waals surface area contributed by atoms with E-state index in [4.69, 9.17) is 0 Å². The van der Waals surface area contributed by atoms with E-state index in [1.807, 2.05) is 0 Å². The number of sulfonamides is 1. The Bertz CT molecular complexity index is 774. The fourth-order valence-electron chi connectivity index (χ4n) is 4.81. The molecule has 0 amide bonds. The molecule has 0 saturated carbocycles. The highest BCUT2D eigenvalue weighted by Crippen LogP contribution is 2.42. The minimum atomic E-state index is -4.62. The second-order valence-electron chi connectivity index (χ2n) is 8.05. The van der Waals surface area contributed by atoms with E-state index in [0.29, 0.717) is 17.4 Å². The number of halogens is 3. The summed E-state index contributed by atoms with van der Waals surface area (Å²) in [5.74, 6) is 0.742. The van der Waals surface area contributed by atoms with E-state index >= 15 is 0 Å². The summed E-state index contributed by atoms with van der Waals surface area (Å²) in [6, 6.07) is 0.117. The standard InChI is InChI=1S/C17H24F3N3O2S2/c1-11-4-6-22(7-5-11)14-8-12-2-3-13(9-14)23(12)27(24,25)15-10-26-16(21-15)17(18,19)20/h10-14H,2-9H2,1H3/t12-,13+,14?. The molecule has 0 radical (unpaired) electrons. The molecule has 3 saturated heterocycles. The Kier molecular flexibility index (Phi) is 5.05. The number of likely N-dealkylation sites (tertiary alicyclic amines) is 1. The number of fused-ring (bicyclic) bond motifs is 2. The van der Waals surface area contributed by atoms with E-state index in [1.165, 1.54) is 17.1 Å². The summed E-state index contributed by atoms with van der Waals surface area (Å²) in [6.45, 7) is 4.37. The van der Waals surface area contributed by atoms with Gasteiger partial charge in [0.05, 0.1) is 0 Å². The number of piperidine rings is 2. The fraction of sp³-hybridized carbons (Fsp3) is 0.824. The van der Waals surface area contributed by atoms with Crippen LogP contribution in [0.3, 0.4) is 0 Å². The Morgan fingerprint density at radius 3 is 2.19 bits per heavy atom. The number of rotatable bonds is 3. The van der Waals surface area contributed by atoms with E-state index < -0.39 is 26.2 Å². The van der Waals surface area contributed by atoms with Crippen molar-refractivity contribution in [1.29, 1.82) is 0 Å². The molecular weight excluding hydrogens is 399 g/mol. The lowest BCUT2D eigenvalue weighted by Crippen LogP contribution is -2.53. The molecule has 3 fully saturated rings. The van der Waals surface area contributed by atoms with Crippen LogP contribution in [0.15, 0.2) is 10.4 Å². The summed E-state index contributed by atoms with van der Waals surface area (Å²) < 4.78 is 65.9. The fourth-order valence-corrected chi connectivity index (χ4v) is 7.63. The molecule has 0 aromatic carbocycles. The highest BCUT2D eigenvalue weighted by atomic mass is 32.2. The van der Waals surface area contributed by atoms with Gasteiger partial charge in [-0.15, -0.1) is 11.3 Å². The Balaban J connectivity index is 1.51. The van der Waals surface area contributed by atoms with E-state index in [1.54, 1.807) is 0 Å². The van der Waals surface area contributed by atoms with Crippen molar-refractivity contribution in [3.63, 3.8) is 0 Å². The van der Waals surface area contributed by atoms with Crippen LogP contribution in [0.2, 0.25) is 0 Å². The maximum absolute atomic E-state index is 13.0. The monoisotopic (exact) mass is 423 g/mol. The average Bonchev–Trinajstić information content (AvgIpc) is 3.20. The molecule has 152 valence electrons. The van der Waals surface area contributed by atoms with Crippen molar-refractivity contribution in [2.24, 2.45) is 5.92 Å². The first-order valence-electron chi connectivity index (χ1n) is 9.46. The van der Waals surface area contributed by atoms with Gasteiger partial charge < -0.3 is 4.90 Å². The topological polar surface area (TPSA) is 53.5 Å². The smallest absolute Gasteiger partial charge is 0.300 e. The Morgan fingerprint density at radius 2 is 1.67 bits per heavy atom. The van der Waals surface area contributed by atoms with Crippen LogP contribution >= 0.6 is 11.3 Å². The van der Waals surface area contributed by atoms with Gasteiger partial charge >= 0.3 is 6.18 Å². The van der Waals surface area contributed by atoms with E-state index in [0.717, 1.165) is 50.1 Å². The zero-order valence-corrected chi connectivity index (χ0v) is 16.8. The van der Waals surface area contributed by atoms with Gasteiger partial charge in [-0.2, -0.15) is 17.5 Å². The number of aromatic nitrogens is 1. The quantitative estimate of drug-likeness (QED) is 0.746. The van der Waals surface area contributed by atoms with Crippen molar-refractivity contribution in [2.45, 2.75) is 74.8 Å². The molecule has 5 nitrogen and oxygen atoms in total. The molecule has 1 aromatic heterocycles. The Hall–Kier alpha value is -0.710. The zero-order valence-electron chi connectivity index (χ0n) is 15.2. The molecule has 1 aromatic rings. The van der Waals surface area contributed by atoms with Crippen LogP contribution in [0.25, 0.3) is 0 Å². The predicted octanol–water partition coefficient (Wildman–Crippen LogP) is 3.58. The largest absolute Gasteiger partial charge is 0.443 e. The van der Waals surface area contributed by atoms with Crippen molar-refractivity contribution in [3.05, 3.63) is 10.4 Å². The molecule has 27 heavy (non-hydrogen) atoms. The lowest BCUT2D eigenvalue weighted by molar-refractivity contribution is -0.137. The minimum Gasteiger partial charge on any atom is -0.300 e.